The summed E-state index contributed by atoms with van der Waals surface area (Å²) >= 11 is 0. The topological polar surface area (TPSA) is 59.3 Å². The molecule has 0 aliphatic heterocycles. The normalized spacial score (nSPS) is 22.4. The zero-order valence-corrected chi connectivity index (χ0v) is 16.1. The Kier molecular flexibility index (Phi) is 7.97. The molecule has 0 bridgehead atoms. The van der Waals surface area contributed by atoms with Crippen LogP contribution in [-0.2, 0) is 4.74 Å². The van der Waals surface area contributed by atoms with Crippen LogP contribution in [-0.4, -0.2) is 18.7 Å². The molecule has 2 rings (SSSR count). The molecule has 0 amide bonds. The van der Waals surface area contributed by atoms with Crippen LogP contribution in [0.25, 0.3) is 0 Å². The van der Waals surface area contributed by atoms with Crippen LogP contribution in [0.15, 0.2) is 24.3 Å². The average Bonchev–Trinajstić information content (AvgIpc) is 2.68. The molecular formula is C22H31NO3. The van der Waals surface area contributed by atoms with Gasteiger partial charge >= 0.3 is 5.97 Å². The predicted octanol–water partition coefficient (Wildman–Crippen LogP) is 5.67. The highest BCUT2D eigenvalue weighted by atomic mass is 16.5. The fraction of sp³-hybridized carbons (Fsp3) is 0.636. The van der Waals surface area contributed by atoms with Crippen molar-refractivity contribution in [2.75, 3.05) is 6.61 Å². The summed E-state index contributed by atoms with van der Waals surface area (Å²) in [4.78, 5) is 12.4. The van der Waals surface area contributed by atoms with E-state index >= 15 is 0 Å². The molecule has 0 heterocycles. The van der Waals surface area contributed by atoms with Gasteiger partial charge in [-0.3, -0.25) is 0 Å². The van der Waals surface area contributed by atoms with Gasteiger partial charge < -0.3 is 9.47 Å². The summed E-state index contributed by atoms with van der Waals surface area (Å²) in [5.41, 5.74) is 0.340. The lowest BCUT2D eigenvalue weighted by Gasteiger charge is -2.34. The monoisotopic (exact) mass is 357 g/mol. The summed E-state index contributed by atoms with van der Waals surface area (Å²) in [5, 5.41) is 9.55. The Labute approximate surface area is 157 Å². The van der Waals surface area contributed by atoms with Crippen molar-refractivity contribution >= 4 is 5.97 Å². The average molecular weight is 357 g/mol. The summed E-state index contributed by atoms with van der Waals surface area (Å²) < 4.78 is 11.3. The number of carbonyl (C=O) groups is 1. The Hall–Kier alpha value is -2.02. The Morgan fingerprint density at radius 1 is 1.15 bits per heavy atom. The van der Waals surface area contributed by atoms with Gasteiger partial charge in [0, 0.05) is 0 Å². The number of esters is 1. The number of carbonyl (C=O) groups excluding carboxylic acids is 1. The third-order valence-corrected chi connectivity index (χ3v) is 5.27. The number of rotatable bonds is 9. The summed E-state index contributed by atoms with van der Waals surface area (Å²) in [6, 6.07) is 9.68. The highest BCUT2D eigenvalue weighted by molar-refractivity contribution is 5.89. The van der Waals surface area contributed by atoms with E-state index in [-0.39, 0.29) is 17.5 Å². The Balaban J connectivity index is 1.82. The predicted molar refractivity (Wildman–Crippen MR) is 102 cm³/mol. The third kappa shape index (κ3) is 5.76. The first-order chi connectivity index (χ1) is 12.6. The maximum atomic E-state index is 12.4. The van der Waals surface area contributed by atoms with Crippen LogP contribution < -0.4 is 4.74 Å². The second-order valence-corrected chi connectivity index (χ2v) is 7.33. The maximum Gasteiger partial charge on any atom is 0.338 e. The summed E-state index contributed by atoms with van der Waals surface area (Å²) in [6.07, 6.45) is 8.40. The smallest absolute Gasteiger partial charge is 0.338 e. The quantitative estimate of drug-likeness (QED) is 0.422. The molecule has 4 heteroatoms. The molecule has 0 aromatic heterocycles. The van der Waals surface area contributed by atoms with Crippen LogP contribution in [0.3, 0.4) is 0 Å². The van der Waals surface area contributed by atoms with Gasteiger partial charge in [0.2, 0.25) is 0 Å². The van der Waals surface area contributed by atoms with E-state index in [1.54, 1.807) is 12.1 Å². The molecule has 1 aromatic rings. The first-order valence-electron chi connectivity index (χ1n) is 9.97. The van der Waals surface area contributed by atoms with Crippen molar-refractivity contribution in [1.29, 1.82) is 5.26 Å². The third-order valence-electron chi connectivity index (χ3n) is 5.27. The molecule has 0 spiro atoms. The SMILES string of the molecule is CCCCOc1ccc(C(=O)O[C@H]2CC[C@@](C#N)(CCCC)CC2)cc1. The number of ether oxygens (including phenoxy) is 2. The second-order valence-electron chi connectivity index (χ2n) is 7.33. The molecule has 1 aliphatic carbocycles. The number of unbranched alkanes of at least 4 members (excludes halogenated alkanes) is 2. The molecule has 0 unspecified atom stereocenters. The van der Waals surface area contributed by atoms with Gasteiger partial charge in [0.1, 0.15) is 11.9 Å². The van der Waals surface area contributed by atoms with Crippen molar-refractivity contribution in [3.63, 3.8) is 0 Å². The van der Waals surface area contributed by atoms with Gasteiger partial charge in [-0.25, -0.2) is 4.79 Å². The first kappa shape index (κ1) is 20.3. The minimum Gasteiger partial charge on any atom is -0.494 e. The van der Waals surface area contributed by atoms with Gasteiger partial charge in [-0.15, -0.1) is 0 Å². The Morgan fingerprint density at radius 3 is 2.38 bits per heavy atom. The molecule has 0 radical (unpaired) electrons. The van der Waals surface area contributed by atoms with Gasteiger partial charge in [-0.05, 0) is 62.8 Å². The van der Waals surface area contributed by atoms with E-state index < -0.39 is 0 Å². The second kappa shape index (κ2) is 10.2. The minimum atomic E-state index is -0.284. The van der Waals surface area contributed by atoms with Crippen molar-refractivity contribution < 1.29 is 14.3 Å². The van der Waals surface area contributed by atoms with Gasteiger partial charge in [0.25, 0.3) is 0 Å². The number of nitriles is 1. The fourth-order valence-electron chi connectivity index (χ4n) is 3.44. The lowest BCUT2D eigenvalue weighted by Crippen LogP contribution is -2.31. The van der Waals surface area contributed by atoms with Crippen LogP contribution in [0.2, 0.25) is 0 Å². The summed E-state index contributed by atoms with van der Waals surface area (Å²) in [7, 11) is 0. The van der Waals surface area contributed by atoms with Gasteiger partial charge in [0.05, 0.1) is 23.7 Å². The van der Waals surface area contributed by atoms with E-state index in [4.69, 9.17) is 9.47 Å². The maximum absolute atomic E-state index is 12.4. The van der Waals surface area contributed by atoms with Gasteiger partial charge in [-0.1, -0.05) is 33.1 Å². The van der Waals surface area contributed by atoms with Crippen LogP contribution in [0, 0.1) is 16.7 Å². The first-order valence-corrected chi connectivity index (χ1v) is 9.97. The molecule has 1 fully saturated rings. The van der Waals surface area contributed by atoms with Crippen LogP contribution in [0.1, 0.15) is 82.0 Å². The van der Waals surface area contributed by atoms with Crippen molar-refractivity contribution in [1.82, 2.24) is 0 Å². The van der Waals surface area contributed by atoms with E-state index in [9.17, 15) is 10.1 Å². The summed E-state index contributed by atoms with van der Waals surface area (Å²) in [6.45, 7) is 4.97. The largest absolute Gasteiger partial charge is 0.494 e. The highest BCUT2D eigenvalue weighted by Gasteiger charge is 2.36. The minimum absolute atomic E-state index is 0.0777. The molecule has 1 saturated carbocycles. The molecule has 1 aromatic carbocycles. The van der Waals surface area contributed by atoms with Gasteiger partial charge in [0.15, 0.2) is 0 Å². The van der Waals surface area contributed by atoms with E-state index in [1.807, 2.05) is 12.1 Å². The number of hydrogen-bond donors (Lipinski definition) is 0. The van der Waals surface area contributed by atoms with E-state index in [0.717, 1.165) is 63.5 Å². The van der Waals surface area contributed by atoms with Crippen molar-refractivity contribution in [3.8, 4) is 11.8 Å². The fourth-order valence-corrected chi connectivity index (χ4v) is 3.44. The molecule has 1 aliphatic rings. The van der Waals surface area contributed by atoms with Crippen molar-refractivity contribution in [2.24, 2.45) is 5.41 Å². The van der Waals surface area contributed by atoms with Gasteiger partial charge in [-0.2, -0.15) is 5.26 Å². The van der Waals surface area contributed by atoms with Crippen LogP contribution in [0.4, 0.5) is 0 Å². The number of hydrogen-bond acceptors (Lipinski definition) is 4. The Morgan fingerprint density at radius 2 is 1.81 bits per heavy atom. The van der Waals surface area contributed by atoms with E-state index in [1.165, 1.54) is 0 Å². The van der Waals surface area contributed by atoms with Crippen molar-refractivity contribution in [2.45, 2.75) is 77.7 Å². The molecule has 4 nitrogen and oxygen atoms in total. The lowest BCUT2D eigenvalue weighted by atomic mass is 9.71. The zero-order chi connectivity index (χ0) is 18.8. The number of nitrogens with zero attached hydrogens (tertiary/aromatic N) is 1. The number of benzene rings is 1. The van der Waals surface area contributed by atoms with Crippen molar-refractivity contribution in [3.05, 3.63) is 29.8 Å². The van der Waals surface area contributed by atoms with Crippen LogP contribution >= 0.6 is 0 Å². The zero-order valence-electron chi connectivity index (χ0n) is 16.1. The summed E-state index contributed by atoms with van der Waals surface area (Å²) in [5.74, 6) is 0.496. The molecule has 0 saturated heterocycles. The molecular weight excluding hydrogens is 326 g/mol. The van der Waals surface area contributed by atoms with E-state index in [0.29, 0.717) is 12.2 Å². The molecule has 0 atom stereocenters. The van der Waals surface area contributed by atoms with E-state index in [2.05, 4.69) is 19.9 Å². The highest BCUT2D eigenvalue weighted by Crippen LogP contribution is 2.41. The standard InChI is InChI=1S/C22H31NO3/c1-3-5-13-22(17-23)14-11-20(12-15-22)26-21(24)18-7-9-19(10-8-18)25-16-6-4-2/h7-10,20H,3-6,11-16H2,1-2H3/t20-,22-. The van der Waals surface area contributed by atoms with Crippen LogP contribution in [0.5, 0.6) is 5.75 Å². The lowest BCUT2D eigenvalue weighted by molar-refractivity contribution is 0.0105. The molecule has 26 heavy (non-hydrogen) atoms. The molecule has 142 valence electrons. The Bertz CT molecular complexity index is 595. The molecule has 0 N–H and O–H groups in total.